The summed E-state index contributed by atoms with van der Waals surface area (Å²) in [6, 6.07) is 7.85. The Balaban J connectivity index is 1.55. The fraction of sp³-hybridized carbons (Fsp3) is 0.556. The van der Waals surface area contributed by atoms with Gasteiger partial charge >= 0.3 is 0 Å². The Morgan fingerprint density at radius 1 is 1.25 bits per heavy atom. The van der Waals surface area contributed by atoms with Gasteiger partial charge in [0.1, 0.15) is 0 Å². The molecule has 0 radical (unpaired) electrons. The zero-order chi connectivity index (χ0) is 13.2. The topological polar surface area (TPSA) is 12.5 Å². The van der Waals surface area contributed by atoms with Crippen molar-refractivity contribution >= 4 is 0 Å². The minimum Gasteiger partial charge on any atom is -0.376 e. The SMILES string of the molecule is C1=C2CCC(c3ccc4c(c3)C3(CC3)COC4)N2CC1. The molecule has 3 aliphatic heterocycles. The summed E-state index contributed by atoms with van der Waals surface area (Å²) in [5.41, 5.74) is 6.58. The van der Waals surface area contributed by atoms with E-state index in [4.69, 9.17) is 4.74 Å². The van der Waals surface area contributed by atoms with Crippen LogP contribution in [0.1, 0.15) is 54.8 Å². The van der Waals surface area contributed by atoms with Gasteiger partial charge in [-0.3, -0.25) is 0 Å². The van der Waals surface area contributed by atoms with Crippen LogP contribution in [0.3, 0.4) is 0 Å². The Morgan fingerprint density at radius 2 is 2.20 bits per heavy atom. The van der Waals surface area contributed by atoms with Gasteiger partial charge in [0, 0.05) is 17.7 Å². The van der Waals surface area contributed by atoms with Gasteiger partial charge in [-0.2, -0.15) is 0 Å². The molecule has 20 heavy (non-hydrogen) atoms. The number of ether oxygens (including phenoxy) is 1. The summed E-state index contributed by atoms with van der Waals surface area (Å²) < 4.78 is 5.79. The molecule has 1 aliphatic carbocycles. The summed E-state index contributed by atoms with van der Waals surface area (Å²) in [4.78, 5) is 2.64. The van der Waals surface area contributed by atoms with Crippen molar-refractivity contribution < 1.29 is 4.74 Å². The van der Waals surface area contributed by atoms with Gasteiger partial charge in [0.15, 0.2) is 0 Å². The molecule has 1 saturated heterocycles. The molecule has 1 aromatic rings. The zero-order valence-corrected chi connectivity index (χ0v) is 11.9. The molecule has 1 saturated carbocycles. The van der Waals surface area contributed by atoms with E-state index in [-0.39, 0.29) is 0 Å². The second-order valence-electron chi connectivity index (χ2n) is 6.92. The van der Waals surface area contributed by atoms with E-state index in [2.05, 4.69) is 29.2 Å². The maximum absolute atomic E-state index is 5.79. The second kappa shape index (κ2) is 3.88. The third-order valence-electron chi connectivity index (χ3n) is 5.75. The predicted octanol–water partition coefficient (Wildman–Crippen LogP) is 3.67. The first kappa shape index (κ1) is 11.4. The van der Waals surface area contributed by atoms with Crippen molar-refractivity contribution in [2.45, 2.75) is 50.2 Å². The molecule has 1 unspecified atom stereocenters. The normalized spacial score (nSPS) is 29.3. The van der Waals surface area contributed by atoms with E-state index in [1.54, 1.807) is 16.8 Å². The van der Waals surface area contributed by atoms with Gasteiger partial charge in [-0.25, -0.2) is 0 Å². The van der Waals surface area contributed by atoms with Crippen molar-refractivity contribution in [2.24, 2.45) is 0 Å². The van der Waals surface area contributed by atoms with Gasteiger partial charge < -0.3 is 9.64 Å². The van der Waals surface area contributed by atoms with E-state index in [1.165, 1.54) is 44.2 Å². The molecular formula is C18H21NO. The van der Waals surface area contributed by atoms with E-state index in [0.29, 0.717) is 11.5 Å². The molecule has 2 fully saturated rings. The minimum absolute atomic E-state index is 0.395. The van der Waals surface area contributed by atoms with Gasteiger partial charge in [0.05, 0.1) is 19.3 Å². The van der Waals surface area contributed by atoms with Crippen LogP contribution in [0, 0.1) is 0 Å². The molecule has 1 atom stereocenters. The highest BCUT2D eigenvalue weighted by atomic mass is 16.5. The Hall–Kier alpha value is -1.28. The molecule has 0 N–H and O–H groups in total. The van der Waals surface area contributed by atoms with E-state index >= 15 is 0 Å². The number of hydrogen-bond acceptors (Lipinski definition) is 2. The average Bonchev–Trinajstić information content (AvgIpc) is 2.93. The fourth-order valence-electron chi connectivity index (χ4n) is 4.44. The highest BCUT2D eigenvalue weighted by Gasteiger charge is 2.48. The number of hydrogen-bond donors (Lipinski definition) is 0. The first-order chi connectivity index (χ1) is 9.86. The summed E-state index contributed by atoms with van der Waals surface area (Å²) in [6.07, 6.45) is 8.90. The maximum atomic E-state index is 5.79. The fourth-order valence-corrected chi connectivity index (χ4v) is 4.44. The molecule has 0 aromatic heterocycles. The van der Waals surface area contributed by atoms with Gasteiger partial charge in [0.2, 0.25) is 0 Å². The number of nitrogens with zero attached hydrogens (tertiary/aromatic N) is 1. The lowest BCUT2D eigenvalue weighted by molar-refractivity contribution is 0.0837. The Labute approximate surface area is 120 Å². The molecule has 0 amide bonds. The Bertz CT molecular complexity index is 599. The summed E-state index contributed by atoms with van der Waals surface area (Å²) in [7, 11) is 0. The van der Waals surface area contributed by atoms with E-state index in [1.807, 2.05) is 0 Å². The van der Waals surface area contributed by atoms with Crippen LogP contribution in [0.2, 0.25) is 0 Å². The second-order valence-corrected chi connectivity index (χ2v) is 6.92. The van der Waals surface area contributed by atoms with Crippen molar-refractivity contribution in [1.29, 1.82) is 0 Å². The van der Waals surface area contributed by atoms with Crippen LogP contribution in [-0.4, -0.2) is 18.1 Å². The van der Waals surface area contributed by atoms with Crippen LogP contribution < -0.4 is 0 Å². The van der Waals surface area contributed by atoms with Crippen LogP contribution in [0.15, 0.2) is 30.0 Å². The van der Waals surface area contributed by atoms with Crippen molar-refractivity contribution in [2.75, 3.05) is 13.2 Å². The first-order valence-corrected chi connectivity index (χ1v) is 8.03. The number of benzene rings is 1. The molecule has 5 rings (SSSR count). The molecule has 3 heterocycles. The van der Waals surface area contributed by atoms with E-state index < -0.39 is 0 Å². The van der Waals surface area contributed by atoms with Gasteiger partial charge in [-0.15, -0.1) is 0 Å². The van der Waals surface area contributed by atoms with E-state index in [9.17, 15) is 0 Å². The average molecular weight is 267 g/mol. The highest BCUT2D eigenvalue weighted by Crippen LogP contribution is 2.53. The number of fused-ring (bicyclic) bond motifs is 3. The van der Waals surface area contributed by atoms with Crippen molar-refractivity contribution in [3.63, 3.8) is 0 Å². The summed E-state index contributed by atoms with van der Waals surface area (Å²) in [6.45, 7) is 2.99. The maximum Gasteiger partial charge on any atom is 0.0720 e. The monoisotopic (exact) mass is 267 g/mol. The highest BCUT2D eigenvalue weighted by molar-refractivity contribution is 5.44. The van der Waals surface area contributed by atoms with Crippen molar-refractivity contribution in [3.05, 3.63) is 46.7 Å². The summed E-state index contributed by atoms with van der Waals surface area (Å²) in [5.74, 6) is 0. The molecule has 2 heteroatoms. The molecule has 1 aromatic carbocycles. The lowest BCUT2D eigenvalue weighted by Crippen LogP contribution is -2.24. The third kappa shape index (κ3) is 1.49. The standard InChI is InChI=1S/C18H21NO/c1-2-15-5-6-17(19(15)9-1)13-3-4-14-11-20-12-18(7-8-18)16(14)10-13/h2-4,10,17H,1,5-9,11-12H2. The van der Waals surface area contributed by atoms with Gasteiger partial charge in [-0.1, -0.05) is 24.3 Å². The lowest BCUT2D eigenvalue weighted by atomic mass is 9.87. The number of rotatable bonds is 1. The quantitative estimate of drug-likeness (QED) is 0.769. The summed E-state index contributed by atoms with van der Waals surface area (Å²) in [5, 5.41) is 0. The van der Waals surface area contributed by atoms with Crippen LogP contribution in [-0.2, 0) is 16.8 Å². The molecular weight excluding hydrogens is 246 g/mol. The largest absolute Gasteiger partial charge is 0.376 e. The Kier molecular flexibility index (Phi) is 2.21. The van der Waals surface area contributed by atoms with Crippen molar-refractivity contribution in [3.8, 4) is 0 Å². The smallest absolute Gasteiger partial charge is 0.0720 e. The van der Waals surface area contributed by atoms with Crippen LogP contribution in [0.5, 0.6) is 0 Å². The molecule has 104 valence electrons. The molecule has 1 spiro atoms. The lowest BCUT2D eigenvalue weighted by Gasteiger charge is -2.29. The molecule has 2 nitrogen and oxygen atoms in total. The zero-order valence-electron chi connectivity index (χ0n) is 11.9. The minimum atomic E-state index is 0.395. The Morgan fingerprint density at radius 3 is 3.10 bits per heavy atom. The third-order valence-corrected chi connectivity index (χ3v) is 5.75. The van der Waals surface area contributed by atoms with Crippen LogP contribution in [0.25, 0.3) is 0 Å². The first-order valence-electron chi connectivity index (χ1n) is 8.03. The van der Waals surface area contributed by atoms with Gasteiger partial charge in [-0.05, 0) is 48.8 Å². The van der Waals surface area contributed by atoms with Crippen LogP contribution in [0.4, 0.5) is 0 Å². The van der Waals surface area contributed by atoms with Crippen molar-refractivity contribution in [1.82, 2.24) is 4.90 Å². The number of allylic oxidation sites excluding steroid dienone is 1. The predicted molar refractivity (Wildman–Crippen MR) is 78.4 cm³/mol. The van der Waals surface area contributed by atoms with E-state index in [0.717, 1.165) is 13.2 Å². The molecule has 4 aliphatic rings. The van der Waals surface area contributed by atoms with Crippen LogP contribution >= 0.6 is 0 Å². The molecule has 0 bridgehead atoms. The summed E-state index contributed by atoms with van der Waals surface area (Å²) >= 11 is 0. The van der Waals surface area contributed by atoms with Gasteiger partial charge in [0.25, 0.3) is 0 Å².